The Hall–Kier alpha value is -3.65. The summed E-state index contributed by atoms with van der Waals surface area (Å²) in [6.07, 6.45) is 1.45. The van der Waals surface area contributed by atoms with Gasteiger partial charge in [-0.3, -0.25) is 14.2 Å². The monoisotopic (exact) mass is 477 g/mol. The third-order valence-corrected chi connectivity index (χ3v) is 6.50. The molecule has 0 aliphatic heterocycles. The Morgan fingerprint density at radius 3 is 2.74 bits per heavy atom. The van der Waals surface area contributed by atoms with Crippen LogP contribution < -0.4 is 15.0 Å². The molecule has 4 rings (SSSR count). The van der Waals surface area contributed by atoms with Gasteiger partial charge in [0.2, 0.25) is 5.91 Å². The second-order valence-electron chi connectivity index (χ2n) is 7.91. The molecule has 2 aromatic carbocycles. The van der Waals surface area contributed by atoms with E-state index in [1.54, 1.807) is 29.4 Å². The molecule has 0 spiro atoms. The number of hydrogen-bond donors (Lipinski definition) is 0. The minimum atomic E-state index is -0.216. The summed E-state index contributed by atoms with van der Waals surface area (Å²) in [7, 11) is 1.60. The van der Waals surface area contributed by atoms with Gasteiger partial charge < -0.3 is 14.4 Å². The van der Waals surface area contributed by atoms with E-state index < -0.39 is 0 Å². The highest BCUT2D eigenvalue weighted by atomic mass is 32.1. The Morgan fingerprint density at radius 2 is 2.00 bits per heavy atom. The van der Waals surface area contributed by atoms with Crippen molar-refractivity contribution in [3.63, 3.8) is 0 Å². The fraction of sp³-hybridized carbons (Fsp3) is 0.269. The summed E-state index contributed by atoms with van der Waals surface area (Å²) in [6, 6.07) is 15.2. The molecule has 0 N–H and O–H groups in total. The molecule has 0 aliphatic rings. The van der Waals surface area contributed by atoms with Crippen LogP contribution in [0.3, 0.4) is 0 Å². The number of nitrogens with zero attached hydrogens (tertiary/aromatic N) is 3. The Morgan fingerprint density at radius 1 is 1.15 bits per heavy atom. The molecule has 0 aliphatic carbocycles. The van der Waals surface area contributed by atoms with Crippen molar-refractivity contribution in [3.8, 4) is 11.5 Å². The van der Waals surface area contributed by atoms with Crippen LogP contribution in [-0.2, 0) is 24.5 Å². The number of amides is 1. The normalized spacial score (nSPS) is 10.9. The number of carbonyl (C=O) groups is 1. The predicted octanol–water partition coefficient (Wildman–Crippen LogP) is 4.40. The molecule has 7 nitrogen and oxygen atoms in total. The molecule has 0 bridgehead atoms. The van der Waals surface area contributed by atoms with Gasteiger partial charge >= 0.3 is 0 Å². The van der Waals surface area contributed by atoms with Crippen LogP contribution in [0.2, 0.25) is 0 Å². The molecule has 1 amide bonds. The highest BCUT2D eigenvalue weighted by Gasteiger charge is 2.16. The van der Waals surface area contributed by atoms with E-state index in [1.807, 2.05) is 61.7 Å². The molecule has 0 unspecified atom stereocenters. The molecule has 0 radical (unpaired) electrons. The minimum Gasteiger partial charge on any atom is -0.493 e. The summed E-state index contributed by atoms with van der Waals surface area (Å²) >= 11 is 1.64. The van der Waals surface area contributed by atoms with Gasteiger partial charge in [0.15, 0.2) is 11.5 Å². The van der Waals surface area contributed by atoms with Crippen molar-refractivity contribution in [1.82, 2.24) is 14.5 Å². The zero-order valence-corrected chi connectivity index (χ0v) is 20.3. The first-order valence-electron chi connectivity index (χ1n) is 11.0. The molecule has 4 aromatic rings. The lowest BCUT2D eigenvalue weighted by atomic mass is 10.1. The minimum absolute atomic E-state index is 0.0668. The summed E-state index contributed by atoms with van der Waals surface area (Å²) in [5, 5.41) is 2.53. The van der Waals surface area contributed by atoms with Crippen molar-refractivity contribution in [2.45, 2.75) is 33.5 Å². The van der Waals surface area contributed by atoms with Crippen LogP contribution in [0.5, 0.6) is 11.5 Å². The van der Waals surface area contributed by atoms with Gasteiger partial charge in [-0.1, -0.05) is 24.3 Å². The largest absolute Gasteiger partial charge is 0.493 e. The highest BCUT2D eigenvalue weighted by molar-refractivity contribution is 7.09. The molecular weight excluding hydrogens is 450 g/mol. The Bertz CT molecular complexity index is 1350. The van der Waals surface area contributed by atoms with Gasteiger partial charge in [-0.25, -0.2) is 4.98 Å². The van der Waals surface area contributed by atoms with Gasteiger partial charge in [-0.2, -0.15) is 0 Å². The number of carbonyl (C=O) groups excluding carboxylic acids is 1. The van der Waals surface area contributed by atoms with E-state index in [4.69, 9.17) is 9.47 Å². The van der Waals surface area contributed by atoms with Gasteiger partial charge in [0.25, 0.3) is 5.56 Å². The van der Waals surface area contributed by atoms with E-state index in [2.05, 4.69) is 4.98 Å². The summed E-state index contributed by atoms with van der Waals surface area (Å²) < 4.78 is 12.8. The summed E-state index contributed by atoms with van der Waals surface area (Å²) in [5.74, 6) is 1.11. The van der Waals surface area contributed by atoms with Gasteiger partial charge in [0.1, 0.15) is 13.2 Å². The quantitative estimate of drug-likeness (QED) is 0.357. The number of likely N-dealkylation sites (N-methyl/N-ethyl adjacent to an activating group) is 1. The first-order valence-corrected chi connectivity index (χ1v) is 11.9. The molecule has 0 saturated heterocycles. The van der Waals surface area contributed by atoms with Crippen LogP contribution in [0.15, 0.2) is 65.0 Å². The van der Waals surface area contributed by atoms with Gasteiger partial charge in [0, 0.05) is 18.0 Å². The second-order valence-corrected chi connectivity index (χ2v) is 8.94. The Kier molecular flexibility index (Phi) is 7.27. The van der Waals surface area contributed by atoms with Crippen LogP contribution in [0.1, 0.15) is 22.9 Å². The number of aryl methyl sites for hydroxylation is 1. The number of aromatic nitrogens is 2. The summed E-state index contributed by atoms with van der Waals surface area (Å²) in [5.41, 5.74) is 2.29. The lowest BCUT2D eigenvalue weighted by Gasteiger charge is -2.22. The highest BCUT2D eigenvalue weighted by Crippen LogP contribution is 2.29. The zero-order chi connectivity index (χ0) is 24.1. The maximum atomic E-state index is 13.0. The Balaban J connectivity index is 1.47. The first-order chi connectivity index (χ1) is 16.5. The van der Waals surface area contributed by atoms with Gasteiger partial charge in [-0.05, 0) is 54.6 Å². The van der Waals surface area contributed by atoms with Crippen LogP contribution in [0, 0.1) is 6.92 Å². The number of methoxy groups -OCH3 is 1. The number of benzene rings is 2. The second kappa shape index (κ2) is 10.5. The van der Waals surface area contributed by atoms with Crippen LogP contribution >= 0.6 is 11.3 Å². The smallest absolute Gasteiger partial charge is 0.261 e. The summed E-state index contributed by atoms with van der Waals surface area (Å²) in [4.78, 5) is 33.1. The van der Waals surface area contributed by atoms with Crippen molar-refractivity contribution >= 4 is 28.1 Å². The lowest BCUT2D eigenvalue weighted by Crippen LogP contribution is -2.36. The molecule has 176 valence electrons. The molecule has 2 aromatic heterocycles. The van der Waals surface area contributed by atoms with E-state index in [0.29, 0.717) is 42.1 Å². The third-order valence-electron chi connectivity index (χ3n) is 5.65. The van der Waals surface area contributed by atoms with Crippen LogP contribution in [-0.4, -0.2) is 34.0 Å². The maximum Gasteiger partial charge on any atom is 0.261 e. The molecule has 34 heavy (non-hydrogen) atoms. The fourth-order valence-corrected chi connectivity index (χ4v) is 4.38. The lowest BCUT2D eigenvalue weighted by molar-refractivity contribution is -0.132. The van der Waals surface area contributed by atoms with Gasteiger partial charge in [0.05, 0.1) is 24.3 Å². The zero-order valence-electron chi connectivity index (χ0n) is 19.5. The number of thiophene rings is 1. The van der Waals surface area contributed by atoms with E-state index in [-0.39, 0.29) is 18.0 Å². The number of hydrogen-bond acceptors (Lipinski definition) is 6. The SMILES string of the molecule is CCN(Cc1ccc(OCc2cccs2)c(OC)c1)C(=O)Cn1cnc2c(C)cccc2c1=O. The molecule has 8 heteroatoms. The average Bonchev–Trinajstić information content (AvgIpc) is 3.37. The molecule has 0 atom stereocenters. The van der Waals surface area contributed by atoms with Crippen molar-refractivity contribution in [3.05, 3.63) is 86.6 Å². The maximum absolute atomic E-state index is 13.0. The third kappa shape index (κ3) is 5.12. The molecule has 0 fully saturated rings. The van der Waals surface area contributed by atoms with Gasteiger partial charge in [-0.15, -0.1) is 11.3 Å². The van der Waals surface area contributed by atoms with Crippen LogP contribution in [0.25, 0.3) is 10.9 Å². The van der Waals surface area contributed by atoms with E-state index in [0.717, 1.165) is 16.0 Å². The summed E-state index contributed by atoms with van der Waals surface area (Å²) in [6.45, 7) is 5.14. The fourth-order valence-electron chi connectivity index (χ4n) is 3.77. The molecule has 0 saturated carbocycles. The van der Waals surface area contributed by atoms with E-state index in [1.165, 1.54) is 10.9 Å². The van der Waals surface area contributed by atoms with Crippen molar-refractivity contribution in [2.75, 3.05) is 13.7 Å². The van der Waals surface area contributed by atoms with E-state index >= 15 is 0 Å². The Labute approximate surface area is 202 Å². The predicted molar refractivity (Wildman–Crippen MR) is 133 cm³/mol. The standard InChI is InChI=1S/C26H27N3O4S/c1-4-28(24(30)15-29-17-27-25-18(2)7-5-9-21(25)26(29)31)14-19-10-11-22(23(13-19)32-3)33-16-20-8-6-12-34-20/h5-13,17H,4,14-16H2,1-3H3. The number of para-hydroxylation sites is 1. The average molecular weight is 478 g/mol. The van der Waals surface area contributed by atoms with E-state index in [9.17, 15) is 9.59 Å². The number of rotatable bonds is 9. The molecular formula is C26H27N3O4S. The van der Waals surface area contributed by atoms with Crippen molar-refractivity contribution in [1.29, 1.82) is 0 Å². The topological polar surface area (TPSA) is 73.7 Å². The number of fused-ring (bicyclic) bond motifs is 1. The number of ether oxygens (including phenoxy) is 2. The first kappa shape index (κ1) is 23.5. The molecule has 2 heterocycles. The van der Waals surface area contributed by atoms with Crippen molar-refractivity contribution in [2.24, 2.45) is 0 Å². The van der Waals surface area contributed by atoms with Crippen LogP contribution in [0.4, 0.5) is 0 Å². The van der Waals surface area contributed by atoms with Crippen molar-refractivity contribution < 1.29 is 14.3 Å².